The second-order valence-corrected chi connectivity index (χ2v) is 7.45. The number of ether oxygens (including phenoxy) is 1. The van der Waals surface area contributed by atoms with Gasteiger partial charge >= 0.3 is 0 Å². The van der Waals surface area contributed by atoms with Crippen LogP contribution in [0.2, 0.25) is 5.02 Å². The summed E-state index contributed by atoms with van der Waals surface area (Å²) in [4.78, 5) is 12.3. The van der Waals surface area contributed by atoms with Crippen LogP contribution in [-0.2, 0) is 11.3 Å². The monoisotopic (exact) mass is 416 g/mol. The smallest absolute Gasteiger partial charge is 0.234 e. The minimum atomic E-state index is -0.105. The summed E-state index contributed by atoms with van der Waals surface area (Å²) in [6.07, 6.45) is 0. The molecule has 1 aromatic heterocycles. The van der Waals surface area contributed by atoms with Gasteiger partial charge in [0.25, 0.3) is 0 Å². The summed E-state index contributed by atoms with van der Waals surface area (Å²) in [6.45, 7) is 4.63. The van der Waals surface area contributed by atoms with Crippen LogP contribution >= 0.6 is 23.4 Å². The van der Waals surface area contributed by atoms with Crippen LogP contribution in [0.5, 0.6) is 5.75 Å². The van der Waals surface area contributed by atoms with Crippen LogP contribution < -0.4 is 10.1 Å². The molecule has 6 nitrogen and oxygen atoms in total. The van der Waals surface area contributed by atoms with Gasteiger partial charge in [0.15, 0.2) is 11.0 Å². The van der Waals surface area contributed by atoms with Crippen LogP contribution in [0.3, 0.4) is 0 Å². The zero-order valence-corrected chi connectivity index (χ0v) is 17.5. The first-order valence-electron chi connectivity index (χ1n) is 8.78. The number of thioether (sulfide) groups is 1. The van der Waals surface area contributed by atoms with Crippen molar-refractivity contribution in [3.63, 3.8) is 0 Å². The molecule has 0 unspecified atom stereocenters. The molecule has 0 aliphatic heterocycles. The van der Waals surface area contributed by atoms with Crippen molar-refractivity contribution in [2.45, 2.75) is 25.5 Å². The van der Waals surface area contributed by atoms with Crippen molar-refractivity contribution in [2.24, 2.45) is 0 Å². The molecule has 8 heteroatoms. The van der Waals surface area contributed by atoms with E-state index in [1.54, 1.807) is 19.2 Å². The second kappa shape index (κ2) is 9.12. The van der Waals surface area contributed by atoms with Crippen molar-refractivity contribution in [1.29, 1.82) is 0 Å². The lowest BCUT2D eigenvalue weighted by molar-refractivity contribution is -0.113. The van der Waals surface area contributed by atoms with Gasteiger partial charge in [-0.05, 0) is 61.9 Å². The molecule has 0 fully saturated rings. The zero-order chi connectivity index (χ0) is 20.1. The maximum absolute atomic E-state index is 12.3. The van der Waals surface area contributed by atoms with Gasteiger partial charge in [0.2, 0.25) is 5.91 Å². The Morgan fingerprint density at radius 3 is 2.61 bits per heavy atom. The highest BCUT2D eigenvalue weighted by atomic mass is 35.5. The third kappa shape index (κ3) is 4.66. The van der Waals surface area contributed by atoms with Gasteiger partial charge in [-0.15, -0.1) is 10.2 Å². The number of nitrogens with one attached hydrogen (secondary N) is 1. The highest BCUT2D eigenvalue weighted by molar-refractivity contribution is 7.99. The van der Waals surface area contributed by atoms with Crippen molar-refractivity contribution in [3.8, 4) is 17.1 Å². The molecule has 1 heterocycles. The fourth-order valence-electron chi connectivity index (χ4n) is 2.72. The van der Waals surface area contributed by atoms with E-state index in [0.29, 0.717) is 16.7 Å². The van der Waals surface area contributed by atoms with Crippen LogP contribution in [0.25, 0.3) is 11.4 Å². The molecule has 3 aromatic rings. The average molecular weight is 417 g/mol. The van der Waals surface area contributed by atoms with Crippen LogP contribution in [0.1, 0.15) is 12.5 Å². The maximum Gasteiger partial charge on any atom is 0.234 e. The van der Waals surface area contributed by atoms with Gasteiger partial charge in [-0.25, -0.2) is 0 Å². The Morgan fingerprint density at radius 2 is 1.96 bits per heavy atom. The molecule has 0 saturated heterocycles. The topological polar surface area (TPSA) is 69.0 Å². The molecule has 1 amide bonds. The van der Waals surface area contributed by atoms with Gasteiger partial charge in [0.05, 0.1) is 12.9 Å². The summed E-state index contributed by atoms with van der Waals surface area (Å²) in [5.41, 5.74) is 2.62. The number of carbonyl (C=O) groups is 1. The van der Waals surface area contributed by atoms with Crippen molar-refractivity contribution >= 4 is 35.0 Å². The second-order valence-electron chi connectivity index (χ2n) is 6.08. The van der Waals surface area contributed by atoms with Gasteiger partial charge in [-0.1, -0.05) is 23.4 Å². The minimum absolute atomic E-state index is 0.105. The number of nitrogens with zero attached hydrogens (tertiary/aromatic N) is 3. The minimum Gasteiger partial charge on any atom is -0.497 e. The van der Waals surface area contributed by atoms with E-state index in [-0.39, 0.29) is 11.7 Å². The van der Waals surface area contributed by atoms with E-state index in [2.05, 4.69) is 15.5 Å². The summed E-state index contributed by atoms with van der Waals surface area (Å²) in [7, 11) is 1.63. The number of hydrogen-bond donors (Lipinski definition) is 1. The Hall–Kier alpha value is -2.51. The number of hydrogen-bond acceptors (Lipinski definition) is 5. The molecule has 0 aliphatic carbocycles. The Kier molecular flexibility index (Phi) is 6.59. The molecular formula is C20H21ClN4O2S. The lowest BCUT2D eigenvalue weighted by Gasteiger charge is -2.10. The van der Waals surface area contributed by atoms with Gasteiger partial charge in [-0.3, -0.25) is 4.79 Å². The van der Waals surface area contributed by atoms with E-state index in [1.807, 2.05) is 48.7 Å². The lowest BCUT2D eigenvalue weighted by atomic mass is 10.2. The molecule has 0 spiro atoms. The number of amides is 1. The van der Waals surface area contributed by atoms with E-state index >= 15 is 0 Å². The van der Waals surface area contributed by atoms with Crippen molar-refractivity contribution in [2.75, 3.05) is 18.2 Å². The van der Waals surface area contributed by atoms with Crippen LogP contribution in [0, 0.1) is 6.92 Å². The number of anilines is 1. The first-order chi connectivity index (χ1) is 13.5. The number of methoxy groups -OCH3 is 1. The molecule has 0 saturated carbocycles. The molecule has 1 N–H and O–H groups in total. The van der Waals surface area contributed by atoms with E-state index < -0.39 is 0 Å². The number of aryl methyl sites for hydroxylation is 1. The third-order valence-corrected chi connectivity index (χ3v) is 5.38. The summed E-state index contributed by atoms with van der Waals surface area (Å²) >= 11 is 7.31. The number of aromatic nitrogens is 3. The van der Waals surface area contributed by atoms with Gasteiger partial charge in [0.1, 0.15) is 5.75 Å². The van der Waals surface area contributed by atoms with E-state index in [9.17, 15) is 4.79 Å². The molecule has 0 bridgehead atoms. The first-order valence-corrected chi connectivity index (χ1v) is 10.1. The number of rotatable bonds is 7. The van der Waals surface area contributed by atoms with Crippen molar-refractivity contribution in [1.82, 2.24) is 14.8 Å². The fraction of sp³-hybridized carbons (Fsp3) is 0.250. The first kappa shape index (κ1) is 20.2. The highest BCUT2D eigenvalue weighted by Crippen LogP contribution is 2.26. The fourth-order valence-corrected chi connectivity index (χ4v) is 3.75. The molecular weight excluding hydrogens is 396 g/mol. The molecule has 146 valence electrons. The Labute approximate surface area is 173 Å². The standard InChI is InChI=1S/C20H21ClN4O2S/c1-4-25-19(14-5-8-16(27-3)9-6-14)23-24-20(25)28-12-18(26)22-17-10-7-15(21)11-13(17)2/h5-11H,4,12H2,1-3H3,(H,22,26). The summed E-state index contributed by atoms with van der Waals surface area (Å²) in [5.74, 6) is 1.69. The van der Waals surface area contributed by atoms with Gasteiger partial charge < -0.3 is 14.6 Å². The van der Waals surface area contributed by atoms with Crippen molar-refractivity contribution in [3.05, 3.63) is 53.1 Å². The molecule has 3 rings (SSSR count). The molecule has 0 aliphatic rings. The average Bonchev–Trinajstić information content (AvgIpc) is 3.11. The SMILES string of the molecule is CCn1c(SCC(=O)Nc2ccc(Cl)cc2C)nnc1-c1ccc(OC)cc1. The maximum atomic E-state index is 12.3. The van der Waals surface area contributed by atoms with E-state index in [4.69, 9.17) is 16.3 Å². The lowest BCUT2D eigenvalue weighted by Crippen LogP contribution is -2.15. The molecule has 28 heavy (non-hydrogen) atoms. The van der Waals surface area contributed by atoms with Crippen LogP contribution in [-0.4, -0.2) is 33.5 Å². The quantitative estimate of drug-likeness (QED) is 0.567. The third-order valence-electron chi connectivity index (χ3n) is 4.18. The zero-order valence-electron chi connectivity index (χ0n) is 15.9. The Balaban J connectivity index is 1.68. The summed E-state index contributed by atoms with van der Waals surface area (Å²) in [6, 6.07) is 13.0. The molecule has 2 aromatic carbocycles. The van der Waals surface area contributed by atoms with Crippen LogP contribution in [0.4, 0.5) is 5.69 Å². The number of halogens is 1. The highest BCUT2D eigenvalue weighted by Gasteiger charge is 2.15. The predicted octanol–water partition coefficient (Wildman–Crippen LogP) is 4.67. The number of benzene rings is 2. The van der Waals surface area contributed by atoms with Crippen molar-refractivity contribution < 1.29 is 9.53 Å². The normalized spacial score (nSPS) is 10.7. The van der Waals surface area contributed by atoms with E-state index in [1.165, 1.54) is 11.8 Å². The number of carbonyl (C=O) groups excluding carboxylic acids is 1. The van der Waals surface area contributed by atoms with Gasteiger partial charge in [0, 0.05) is 22.8 Å². The Morgan fingerprint density at radius 1 is 1.21 bits per heavy atom. The Bertz CT molecular complexity index is 973. The summed E-state index contributed by atoms with van der Waals surface area (Å²) < 4.78 is 7.19. The van der Waals surface area contributed by atoms with Gasteiger partial charge in [-0.2, -0.15) is 0 Å². The summed E-state index contributed by atoms with van der Waals surface area (Å²) in [5, 5.41) is 12.8. The van der Waals surface area contributed by atoms with Crippen LogP contribution in [0.15, 0.2) is 47.6 Å². The largest absolute Gasteiger partial charge is 0.497 e. The van der Waals surface area contributed by atoms with E-state index in [0.717, 1.165) is 28.4 Å². The predicted molar refractivity (Wildman–Crippen MR) is 113 cm³/mol. The molecule has 0 atom stereocenters. The molecule has 0 radical (unpaired) electrons.